The van der Waals surface area contributed by atoms with Gasteiger partial charge in [-0.25, -0.2) is 0 Å². The molecule has 0 heterocycles. The van der Waals surface area contributed by atoms with Crippen molar-refractivity contribution >= 4 is 51.0 Å². The second-order valence-corrected chi connectivity index (χ2v) is 4.85. The summed E-state index contributed by atoms with van der Waals surface area (Å²) in [4.78, 5) is 0. The lowest BCUT2D eigenvalue weighted by atomic mass is 10.3. The Hall–Kier alpha value is -0.200. The number of benzene rings is 1. The molecule has 0 atom stereocenters. The van der Waals surface area contributed by atoms with E-state index in [2.05, 4.69) is 0 Å². The first kappa shape index (κ1) is 11.9. The highest BCUT2D eigenvalue weighted by atomic mass is 35.5. The van der Waals surface area contributed by atoms with Crippen LogP contribution in [0, 0.1) is 0 Å². The van der Waals surface area contributed by atoms with Crippen LogP contribution in [0.25, 0.3) is 0 Å². The van der Waals surface area contributed by atoms with Crippen LogP contribution in [0.4, 0.5) is 5.69 Å². The molecule has 78 valence electrons. The second kappa shape index (κ2) is 4.12. The molecule has 14 heavy (non-hydrogen) atoms. The molecular formula is C6H4Cl3NO3S. The van der Waals surface area contributed by atoms with Crippen molar-refractivity contribution < 1.29 is 13.0 Å². The standard InChI is InChI=1S/C6H4Cl3NO3S/c7-4-2-1-3-5(6(4)8)10(9)14(11,12)13/h1-3H,(H,11,12,13). The van der Waals surface area contributed by atoms with Crippen LogP contribution >= 0.6 is 35.0 Å². The highest BCUT2D eigenvalue weighted by molar-refractivity contribution is 7.88. The Labute approximate surface area is 96.0 Å². The van der Waals surface area contributed by atoms with Gasteiger partial charge in [0, 0.05) is 11.8 Å². The Morgan fingerprint density at radius 3 is 2.36 bits per heavy atom. The fraction of sp³-hybridized carbons (Fsp3) is 0. The van der Waals surface area contributed by atoms with E-state index in [1.54, 1.807) is 0 Å². The van der Waals surface area contributed by atoms with Crippen molar-refractivity contribution in [1.29, 1.82) is 0 Å². The molecule has 0 fully saturated rings. The predicted molar refractivity (Wildman–Crippen MR) is 56.3 cm³/mol. The van der Waals surface area contributed by atoms with Crippen molar-refractivity contribution in [3.8, 4) is 0 Å². The molecule has 4 nitrogen and oxygen atoms in total. The fourth-order valence-electron chi connectivity index (χ4n) is 0.752. The third kappa shape index (κ3) is 2.43. The number of nitrogens with zero attached hydrogens (tertiary/aromatic N) is 1. The van der Waals surface area contributed by atoms with Gasteiger partial charge in [-0.1, -0.05) is 29.3 Å². The molecule has 0 bridgehead atoms. The van der Waals surface area contributed by atoms with Crippen LogP contribution in [0.15, 0.2) is 18.2 Å². The third-order valence-electron chi connectivity index (χ3n) is 1.32. The van der Waals surface area contributed by atoms with Gasteiger partial charge in [-0.15, -0.1) is 0 Å². The maximum absolute atomic E-state index is 10.6. The summed E-state index contributed by atoms with van der Waals surface area (Å²) >= 11 is 16.6. The summed E-state index contributed by atoms with van der Waals surface area (Å²) in [5.74, 6) is 0. The van der Waals surface area contributed by atoms with Gasteiger partial charge in [-0.3, -0.25) is 4.55 Å². The minimum Gasteiger partial charge on any atom is -0.268 e. The third-order valence-corrected chi connectivity index (χ3v) is 3.44. The Balaban J connectivity index is 3.28. The van der Waals surface area contributed by atoms with E-state index in [1.807, 2.05) is 0 Å². The van der Waals surface area contributed by atoms with Gasteiger partial charge in [0.2, 0.25) is 0 Å². The summed E-state index contributed by atoms with van der Waals surface area (Å²) < 4.78 is 30.0. The average Bonchev–Trinajstić information content (AvgIpc) is 2.07. The van der Waals surface area contributed by atoms with Gasteiger partial charge < -0.3 is 0 Å². The molecule has 0 saturated heterocycles. The lowest BCUT2D eigenvalue weighted by Gasteiger charge is -2.13. The van der Waals surface area contributed by atoms with Crippen LogP contribution in [0.1, 0.15) is 0 Å². The lowest BCUT2D eigenvalue weighted by Crippen LogP contribution is -2.19. The van der Waals surface area contributed by atoms with Gasteiger partial charge >= 0.3 is 10.3 Å². The first-order valence-corrected chi connectivity index (χ1v) is 5.70. The zero-order valence-corrected chi connectivity index (χ0v) is 9.57. The second-order valence-electron chi connectivity index (χ2n) is 2.27. The number of rotatable bonds is 2. The Morgan fingerprint density at radius 1 is 1.29 bits per heavy atom. The van der Waals surface area contributed by atoms with Crippen LogP contribution in [0.5, 0.6) is 0 Å². The zero-order chi connectivity index (χ0) is 10.9. The van der Waals surface area contributed by atoms with Crippen LogP contribution in [-0.4, -0.2) is 13.0 Å². The van der Waals surface area contributed by atoms with E-state index in [9.17, 15) is 8.42 Å². The summed E-state index contributed by atoms with van der Waals surface area (Å²) in [6, 6.07) is 4.21. The molecule has 8 heteroatoms. The topological polar surface area (TPSA) is 57.6 Å². The van der Waals surface area contributed by atoms with Crippen molar-refractivity contribution in [3.63, 3.8) is 0 Å². The van der Waals surface area contributed by atoms with Gasteiger partial charge in [-0.2, -0.15) is 12.2 Å². The van der Waals surface area contributed by atoms with Crippen molar-refractivity contribution in [3.05, 3.63) is 28.2 Å². The van der Waals surface area contributed by atoms with E-state index in [-0.39, 0.29) is 19.6 Å². The smallest absolute Gasteiger partial charge is 0.268 e. The van der Waals surface area contributed by atoms with Gasteiger partial charge in [0.15, 0.2) is 0 Å². The molecule has 0 aliphatic heterocycles. The number of hydrogen-bond donors (Lipinski definition) is 1. The van der Waals surface area contributed by atoms with E-state index in [0.717, 1.165) is 0 Å². The molecule has 1 rings (SSSR count). The average molecular weight is 277 g/mol. The maximum atomic E-state index is 10.6. The quantitative estimate of drug-likeness (QED) is 0.667. The molecule has 0 saturated carbocycles. The summed E-state index contributed by atoms with van der Waals surface area (Å²) in [6.45, 7) is 0. The highest BCUT2D eigenvalue weighted by Crippen LogP contribution is 2.34. The maximum Gasteiger partial charge on any atom is 0.374 e. The summed E-state index contributed by atoms with van der Waals surface area (Å²) in [5.41, 5.74) is -0.108. The Bertz CT molecular complexity index is 448. The van der Waals surface area contributed by atoms with Gasteiger partial charge in [0.1, 0.15) is 0 Å². The SMILES string of the molecule is O=S(=O)(O)N(Cl)c1cccc(Cl)c1Cl. The van der Waals surface area contributed by atoms with Crippen LogP contribution < -0.4 is 3.82 Å². The molecule has 1 N–H and O–H groups in total. The van der Waals surface area contributed by atoms with E-state index >= 15 is 0 Å². The van der Waals surface area contributed by atoms with Gasteiger partial charge in [-0.05, 0) is 12.1 Å². The monoisotopic (exact) mass is 275 g/mol. The van der Waals surface area contributed by atoms with Crippen molar-refractivity contribution in [2.45, 2.75) is 0 Å². The normalized spacial score (nSPS) is 11.4. The zero-order valence-electron chi connectivity index (χ0n) is 6.49. The van der Waals surface area contributed by atoms with Gasteiger partial charge in [0.25, 0.3) is 0 Å². The number of anilines is 1. The van der Waals surface area contributed by atoms with E-state index < -0.39 is 10.3 Å². The molecular weight excluding hydrogens is 272 g/mol. The van der Waals surface area contributed by atoms with E-state index in [4.69, 9.17) is 39.5 Å². The van der Waals surface area contributed by atoms with E-state index in [0.29, 0.717) is 0 Å². The van der Waals surface area contributed by atoms with Crippen molar-refractivity contribution in [2.24, 2.45) is 0 Å². The molecule has 0 radical (unpaired) electrons. The molecule has 0 aromatic heterocycles. The summed E-state index contributed by atoms with van der Waals surface area (Å²) in [6.07, 6.45) is 0. The lowest BCUT2D eigenvalue weighted by molar-refractivity contribution is 0.485. The molecule has 1 aromatic carbocycles. The molecule has 0 aliphatic rings. The highest BCUT2D eigenvalue weighted by Gasteiger charge is 2.20. The van der Waals surface area contributed by atoms with E-state index in [1.165, 1.54) is 18.2 Å². The Kier molecular flexibility index (Phi) is 3.49. The molecule has 0 unspecified atom stereocenters. The largest absolute Gasteiger partial charge is 0.374 e. The first-order chi connectivity index (χ1) is 6.34. The van der Waals surface area contributed by atoms with Gasteiger partial charge in [0.05, 0.1) is 15.7 Å². The van der Waals surface area contributed by atoms with Crippen LogP contribution in [0.3, 0.4) is 0 Å². The predicted octanol–water partition coefficient (Wildman–Crippen LogP) is 2.76. The first-order valence-electron chi connectivity index (χ1n) is 3.21. The fourth-order valence-corrected chi connectivity index (χ4v) is 1.77. The summed E-state index contributed by atoms with van der Waals surface area (Å²) in [7, 11) is -4.54. The number of hydrogen-bond acceptors (Lipinski definition) is 2. The molecule has 0 aliphatic carbocycles. The molecule has 0 amide bonds. The minimum atomic E-state index is -4.54. The number of halogens is 3. The molecule has 1 aromatic rings. The Morgan fingerprint density at radius 2 is 1.86 bits per heavy atom. The van der Waals surface area contributed by atoms with Crippen molar-refractivity contribution in [1.82, 2.24) is 0 Å². The molecule has 0 spiro atoms. The van der Waals surface area contributed by atoms with Crippen LogP contribution in [0.2, 0.25) is 10.0 Å². The van der Waals surface area contributed by atoms with Crippen LogP contribution in [-0.2, 0) is 10.3 Å². The minimum absolute atomic E-state index is 0.0539. The van der Waals surface area contributed by atoms with Crippen molar-refractivity contribution in [2.75, 3.05) is 3.82 Å². The summed E-state index contributed by atoms with van der Waals surface area (Å²) in [5, 5.41) is 0.0836.